The molecule has 0 fully saturated rings. The van der Waals surface area contributed by atoms with Crippen molar-refractivity contribution < 1.29 is 19.2 Å². The zero-order valence-electron chi connectivity index (χ0n) is 19.0. The Bertz CT molecular complexity index is 1540. The molecule has 1 N–H and O–H groups in total. The number of rotatable bonds is 6. The quantitative estimate of drug-likeness (QED) is 0.239. The molecule has 0 aliphatic rings. The maximum absolute atomic E-state index is 13.5. The Morgan fingerprint density at radius 1 is 1.17 bits per heavy atom. The van der Waals surface area contributed by atoms with Gasteiger partial charge in [0.15, 0.2) is 5.69 Å². The van der Waals surface area contributed by atoms with Crippen molar-refractivity contribution in [1.29, 1.82) is 0 Å². The molecule has 0 aliphatic carbocycles. The van der Waals surface area contributed by atoms with E-state index in [1.165, 1.54) is 25.1 Å². The summed E-state index contributed by atoms with van der Waals surface area (Å²) < 4.78 is 6.23. The van der Waals surface area contributed by atoms with Crippen LogP contribution in [0.3, 0.4) is 0 Å². The zero-order chi connectivity index (χ0) is 25.3. The van der Waals surface area contributed by atoms with Crippen LogP contribution in [0.5, 0.6) is 0 Å². The summed E-state index contributed by atoms with van der Waals surface area (Å²) in [5.74, 6) is -1.32. The monoisotopic (exact) mass is 492 g/mol. The Kier molecular flexibility index (Phi) is 6.43. The number of carbonyl (C=O) groups excluding carboxylic acids is 2. The van der Waals surface area contributed by atoms with E-state index in [1.54, 1.807) is 36.6 Å². The molecule has 0 aliphatic heterocycles. The highest BCUT2D eigenvalue weighted by Gasteiger charge is 2.24. The number of nitro groups is 1. The molecule has 2 heterocycles. The third kappa shape index (κ3) is 4.41. The first kappa shape index (κ1) is 23.8. The lowest BCUT2D eigenvalue weighted by Crippen LogP contribution is -2.25. The van der Waals surface area contributed by atoms with E-state index < -0.39 is 22.4 Å². The Hall–Kier alpha value is -4.38. The standard InChI is InChI=1S/C24H20N4O6S/c1-4-34-24(31)20-17-12-35-22(25-21(29)16-6-5-7-18(14(16)3)28(32)33)19(17)23(30)27(26-20)15-10-8-13(2)9-11-15/h5-12H,4H2,1-3H3,(H,25,29). The summed E-state index contributed by atoms with van der Waals surface area (Å²) in [7, 11) is 0. The molecule has 1 amide bonds. The third-order valence-electron chi connectivity index (χ3n) is 5.37. The van der Waals surface area contributed by atoms with E-state index >= 15 is 0 Å². The number of fused-ring (bicyclic) bond motifs is 1. The van der Waals surface area contributed by atoms with Gasteiger partial charge < -0.3 is 10.1 Å². The number of nitro benzene ring substituents is 1. The van der Waals surface area contributed by atoms with Crippen molar-refractivity contribution in [1.82, 2.24) is 9.78 Å². The van der Waals surface area contributed by atoms with Gasteiger partial charge in [0.2, 0.25) is 0 Å². The minimum atomic E-state index is -0.705. The molecule has 2 aromatic carbocycles. The number of esters is 1. The van der Waals surface area contributed by atoms with Crippen LogP contribution in [0.2, 0.25) is 0 Å². The highest BCUT2D eigenvalue weighted by Crippen LogP contribution is 2.32. The summed E-state index contributed by atoms with van der Waals surface area (Å²) in [5, 5.41) is 20.3. The summed E-state index contributed by atoms with van der Waals surface area (Å²) in [6.07, 6.45) is 0. The molecule has 0 bridgehead atoms. The normalized spacial score (nSPS) is 10.8. The number of amides is 1. The highest BCUT2D eigenvalue weighted by atomic mass is 32.1. The number of aryl methyl sites for hydroxylation is 1. The van der Waals surface area contributed by atoms with Crippen LogP contribution < -0.4 is 10.9 Å². The minimum Gasteiger partial charge on any atom is -0.461 e. The molecular formula is C24H20N4O6S. The molecule has 4 aromatic rings. The van der Waals surface area contributed by atoms with E-state index in [2.05, 4.69) is 10.4 Å². The molecule has 0 radical (unpaired) electrons. The lowest BCUT2D eigenvalue weighted by atomic mass is 10.1. The number of ether oxygens (including phenoxy) is 1. The highest BCUT2D eigenvalue weighted by molar-refractivity contribution is 7.16. The molecule has 0 saturated carbocycles. The molecule has 0 atom stereocenters. The number of hydrogen-bond acceptors (Lipinski definition) is 8. The summed E-state index contributed by atoms with van der Waals surface area (Å²) in [6, 6.07) is 11.2. The second-order valence-electron chi connectivity index (χ2n) is 7.64. The van der Waals surface area contributed by atoms with E-state index in [1.807, 2.05) is 6.92 Å². The predicted octanol–water partition coefficient (Wildman–Crippen LogP) is 4.40. The van der Waals surface area contributed by atoms with E-state index in [-0.39, 0.29) is 44.9 Å². The van der Waals surface area contributed by atoms with Gasteiger partial charge >= 0.3 is 5.97 Å². The molecule has 10 nitrogen and oxygen atoms in total. The van der Waals surface area contributed by atoms with E-state index in [0.29, 0.717) is 5.69 Å². The Morgan fingerprint density at radius 2 is 1.89 bits per heavy atom. The van der Waals surface area contributed by atoms with Crippen molar-refractivity contribution >= 4 is 44.7 Å². The van der Waals surface area contributed by atoms with Gasteiger partial charge in [-0.15, -0.1) is 11.3 Å². The summed E-state index contributed by atoms with van der Waals surface area (Å²) in [5.41, 5.74) is 0.912. The number of nitrogens with zero attached hydrogens (tertiary/aromatic N) is 3. The van der Waals surface area contributed by atoms with Crippen LogP contribution in [0.4, 0.5) is 10.7 Å². The lowest BCUT2D eigenvalue weighted by Gasteiger charge is -2.10. The molecule has 2 aromatic heterocycles. The molecule has 0 saturated heterocycles. The van der Waals surface area contributed by atoms with E-state index in [4.69, 9.17) is 4.74 Å². The van der Waals surface area contributed by atoms with Gasteiger partial charge in [-0.1, -0.05) is 23.8 Å². The van der Waals surface area contributed by atoms with Crippen molar-refractivity contribution in [2.45, 2.75) is 20.8 Å². The molecule has 0 spiro atoms. The number of nitrogens with one attached hydrogen (secondary N) is 1. The maximum Gasteiger partial charge on any atom is 0.359 e. The van der Waals surface area contributed by atoms with Crippen LogP contribution >= 0.6 is 11.3 Å². The molecule has 178 valence electrons. The SMILES string of the molecule is CCOC(=O)c1nn(-c2ccc(C)cc2)c(=O)c2c(NC(=O)c3cccc([N+](=O)[O-])c3C)scc12. The van der Waals surface area contributed by atoms with Gasteiger partial charge in [-0.05, 0) is 39.0 Å². The van der Waals surface area contributed by atoms with Gasteiger partial charge in [-0.25, -0.2) is 4.79 Å². The Balaban J connectivity index is 1.87. The fourth-order valence-electron chi connectivity index (χ4n) is 3.59. The van der Waals surface area contributed by atoms with Crippen LogP contribution in [-0.4, -0.2) is 33.2 Å². The van der Waals surface area contributed by atoms with Gasteiger partial charge in [0.25, 0.3) is 17.2 Å². The number of anilines is 1. The maximum atomic E-state index is 13.5. The molecule has 0 unspecified atom stereocenters. The number of hydrogen-bond donors (Lipinski definition) is 1. The van der Waals surface area contributed by atoms with Crippen LogP contribution in [0.15, 0.2) is 52.6 Å². The van der Waals surface area contributed by atoms with Crippen molar-refractivity contribution in [3.05, 3.63) is 90.7 Å². The second kappa shape index (κ2) is 9.47. The Morgan fingerprint density at radius 3 is 2.54 bits per heavy atom. The van der Waals surface area contributed by atoms with Crippen LogP contribution in [0, 0.1) is 24.0 Å². The predicted molar refractivity (Wildman–Crippen MR) is 132 cm³/mol. The van der Waals surface area contributed by atoms with Crippen molar-refractivity contribution in [3.8, 4) is 5.69 Å². The van der Waals surface area contributed by atoms with Crippen LogP contribution in [-0.2, 0) is 4.74 Å². The lowest BCUT2D eigenvalue weighted by molar-refractivity contribution is -0.385. The fraction of sp³-hybridized carbons (Fsp3) is 0.167. The minimum absolute atomic E-state index is 0.0645. The molecule has 35 heavy (non-hydrogen) atoms. The van der Waals surface area contributed by atoms with Gasteiger partial charge in [-0.3, -0.25) is 19.7 Å². The molecule has 4 rings (SSSR count). The summed E-state index contributed by atoms with van der Waals surface area (Å²) in [4.78, 5) is 49.9. The van der Waals surface area contributed by atoms with E-state index in [0.717, 1.165) is 21.6 Å². The Labute approximate surface area is 202 Å². The van der Waals surface area contributed by atoms with Gasteiger partial charge in [-0.2, -0.15) is 9.78 Å². The van der Waals surface area contributed by atoms with Gasteiger partial charge in [0, 0.05) is 28.0 Å². The first-order valence-corrected chi connectivity index (χ1v) is 11.4. The largest absolute Gasteiger partial charge is 0.461 e. The first-order chi connectivity index (χ1) is 16.7. The van der Waals surface area contributed by atoms with Crippen molar-refractivity contribution in [2.75, 3.05) is 11.9 Å². The van der Waals surface area contributed by atoms with Crippen LogP contribution in [0.1, 0.15) is 38.9 Å². The van der Waals surface area contributed by atoms with Crippen molar-refractivity contribution in [3.63, 3.8) is 0 Å². The number of benzene rings is 2. The number of carbonyl (C=O) groups is 2. The van der Waals surface area contributed by atoms with Gasteiger partial charge in [0.05, 0.1) is 22.6 Å². The smallest absolute Gasteiger partial charge is 0.359 e. The average Bonchev–Trinajstić information content (AvgIpc) is 3.24. The molecule has 11 heteroatoms. The van der Waals surface area contributed by atoms with Crippen LogP contribution in [0.25, 0.3) is 16.5 Å². The molecular weight excluding hydrogens is 472 g/mol. The number of aromatic nitrogens is 2. The summed E-state index contributed by atoms with van der Waals surface area (Å²) in [6.45, 7) is 5.15. The summed E-state index contributed by atoms with van der Waals surface area (Å²) >= 11 is 1.05. The first-order valence-electron chi connectivity index (χ1n) is 10.6. The zero-order valence-corrected chi connectivity index (χ0v) is 19.8. The van der Waals surface area contributed by atoms with Crippen molar-refractivity contribution in [2.24, 2.45) is 0 Å². The van der Waals surface area contributed by atoms with E-state index in [9.17, 15) is 24.5 Å². The van der Waals surface area contributed by atoms with Gasteiger partial charge in [0.1, 0.15) is 5.00 Å². The number of thiophene rings is 1. The fourth-order valence-corrected chi connectivity index (χ4v) is 4.52. The topological polar surface area (TPSA) is 133 Å². The second-order valence-corrected chi connectivity index (χ2v) is 8.52. The average molecular weight is 493 g/mol. The third-order valence-corrected chi connectivity index (χ3v) is 6.27.